The van der Waals surface area contributed by atoms with Gasteiger partial charge in [-0.15, -0.1) is 0 Å². The molecular weight excluding hydrogens is 437 g/mol. The Morgan fingerprint density at radius 3 is 1.85 bits per heavy atom. The third-order valence-electron chi connectivity index (χ3n) is 5.61. The minimum absolute atomic E-state index is 0.0892. The molecule has 0 atom stereocenters. The first-order valence-electron chi connectivity index (χ1n) is 11.0. The highest BCUT2D eigenvalue weighted by atomic mass is 19.2. The molecule has 34 heavy (non-hydrogen) atoms. The van der Waals surface area contributed by atoms with Crippen LogP contribution >= 0.6 is 0 Å². The second kappa shape index (κ2) is 9.96. The van der Waals surface area contributed by atoms with Gasteiger partial charge in [-0.2, -0.15) is 0 Å². The molecule has 172 valence electrons. The quantitative estimate of drug-likeness (QED) is 0.216. The molecule has 0 aliphatic carbocycles. The van der Waals surface area contributed by atoms with Crippen molar-refractivity contribution in [3.63, 3.8) is 0 Å². The van der Waals surface area contributed by atoms with E-state index in [-0.39, 0.29) is 22.4 Å². The van der Waals surface area contributed by atoms with Crippen molar-refractivity contribution in [1.82, 2.24) is 0 Å². The summed E-state index contributed by atoms with van der Waals surface area (Å²) in [5.74, 6) is -3.22. The fourth-order valence-electron chi connectivity index (χ4n) is 3.79. The highest BCUT2D eigenvalue weighted by Crippen LogP contribution is 2.32. The summed E-state index contributed by atoms with van der Waals surface area (Å²) < 4.78 is 49.1. The van der Waals surface area contributed by atoms with Gasteiger partial charge in [0.25, 0.3) is 0 Å². The van der Waals surface area contributed by atoms with Gasteiger partial charge in [0.1, 0.15) is 11.6 Å². The first-order chi connectivity index (χ1) is 16.4. The number of esters is 1. The van der Waals surface area contributed by atoms with Crippen molar-refractivity contribution in [1.29, 1.82) is 0 Å². The number of halogens is 3. The molecule has 2 nitrogen and oxygen atoms in total. The molecule has 5 heteroatoms. The summed E-state index contributed by atoms with van der Waals surface area (Å²) in [5.41, 5.74) is 2.96. The van der Waals surface area contributed by atoms with Crippen LogP contribution in [0.2, 0.25) is 0 Å². The van der Waals surface area contributed by atoms with E-state index in [1.807, 2.05) is 12.1 Å². The summed E-state index contributed by atoms with van der Waals surface area (Å²) >= 11 is 0. The summed E-state index contributed by atoms with van der Waals surface area (Å²) in [7, 11) is 0. The van der Waals surface area contributed by atoms with E-state index in [0.717, 1.165) is 18.4 Å². The minimum atomic E-state index is -0.957. The highest BCUT2D eigenvalue weighted by Gasteiger charge is 2.17. The zero-order chi connectivity index (χ0) is 24.2. The molecule has 0 amide bonds. The second-order valence-electron chi connectivity index (χ2n) is 8.13. The maximum absolute atomic E-state index is 14.9. The number of hydrogen-bond acceptors (Lipinski definition) is 2. The van der Waals surface area contributed by atoms with Crippen LogP contribution in [0, 0.1) is 24.4 Å². The minimum Gasteiger partial charge on any atom is -0.423 e. The molecule has 4 aromatic rings. The van der Waals surface area contributed by atoms with Gasteiger partial charge in [-0.3, -0.25) is 0 Å². The van der Waals surface area contributed by atoms with Gasteiger partial charge in [-0.1, -0.05) is 67.9 Å². The van der Waals surface area contributed by atoms with Gasteiger partial charge < -0.3 is 4.74 Å². The normalized spacial score (nSPS) is 10.9. The third-order valence-corrected chi connectivity index (χ3v) is 5.61. The van der Waals surface area contributed by atoms with Crippen molar-refractivity contribution in [2.45, 2.75) is 26.7 Å². The molecular formula is C29H23F3O2. The van der Waals surface area contributed by atoms with Crippen LogP contribution in [0.4, 0.5) is 13.2 Å². The Hall–Kier alpha value is -3.86. The van der Waals surface area contributed by atoms with Crippen molar-refractivity contribution >= 4 is 5.97 Å². The molecule has 0 aromatic heterocycles. The number of ether oxygens (including phenoxy) is 1. The van der Waals surface area contributed by atoms with Crippen molar-refractivity contribution in [3.8, 4) is 28.0 Å². The Labute approximate surface area is 196 Å². The van der Waals surface area contributed by atoms with E-state index in [1.165, 1.54) is 42.5 Å². The van der Waals surface area contributed by atoms with Crippen LogP contribution in [0.25, 0.3) is 22.3 Å². The van der Waals surface area contributed by atoms with Gasteiger partial charge in [0.05, 0.1) is 5.56 Å². The van der Waals surface area contributed by atoms with Gasteiger partial charge in [0, 0.05) is 11.1 Å². The number of benzene rings is 4. The lowest BCUT2D eigenvalue weighted by Crippen LogP contribution is -2.10. The first-order valence-corrected chi connectivity index (χ1v) is 11.0. The molecule has 0 heterocycles. The van der Waals surface area contributed by atoms with Crippen LogP contribution in [-0.2, 0) is 6.42 Å². The lowest BCUT2D eigenvalue weighted by atomic mass is 9.97. The molecule has 0 spiro atoms. The number of hydrogen-bond donors (Lipinski definition) is 0. The summed E-state index contributed by atoms with van der Waals surface area (Å²) in [4.78, 5) is 12.3. The summed E-state index contributed by atoms with van der Waals surface area (Å²) in [5, 5.41) is 0. The van der Waals surface area contributed by atoms with E-state index < -0.39 is 23.4 Å². The van der Waals surface area contributed by atoms with Crippen molar-refractivity contribution in [3.05, 3.63) is 113 Å². The molecule has 0 aliphatic heterocycles. The highest BCUT2D eigenvalue weighted by molar-refractivity contribution is 5.91. The molecule has 4 rings (SSSR count). The summed E-state index contributed by atoms with van der Waals surface area (Å²) in [6.07, 6.45) is 1.94. The summed E-state index contributed by atoms with van der Waals surface area (Å²) in [6, 6.07) is 20.7. The molecule has 0 N–H and O–H groups in total. The Kier molecular flexibility index (Phi) is 6.82. The Morgan fingerprint density at radius 1 is 0.765 bits per heavy atom. The lowest BCUT2D eigenvalue weighted by molar-refractivity contribution is 0.0730. The number of carbonyl (C=O) groups excluding carboxylic acids is 1. The molecule has 0 aliphatic rings. The maximum atomic E-state index is 14.9. The fraction of sp³-hybridized carbons (Fsp3) is 0.138. The average Bonchev–Trinajstić information content (AvgIpc) is 2.82. The third kappa shape index (κ3) is 4.88. The smallest absolute Gasteiger partial charge is 0.346 e. The lowest BCUT2D eigenvalue weighted by Gasteiger charge is -2.11. The number of carbonyl (C=O) groups is 1. The number of aryl methyl sites for hydroxylation is 2. The van der Waals surface area contributed by atoms with Gasteiger partial charge in [-0.25, -0.2) is 18.0 Å². The first kappa shape index (κ1) is 23.3. The molecule has 0 fully saturated rings. The summed E-state index contributed by atoms with van der Waals surface area (Å²) in [6.45, 7) is 3.80. The van der Waals surface area contributed by atoms with Gasteiger partial charge >= 0.3 is 5.97 Å². The van der Waals surface area contributed by atoms with Crippen LogP contribution in [-0.4, -0.2) is 5.97 Å². The van der Waals surface area contributed by atoms with Crippen LogP contribution in [0.1, 0.15) is 34.8 Å². The fourth-order valence-corrected chi connectivity index (χ4v) is 3.79. The monoisotopic (exact) mass is 460 g/mol. The molecule has 0 saturated heterocycles. The Morgan fingerprint density at radius 2 is 1.32 bits per heavy atom. The van der Waals surface area contributed by atoms with E-state index in [2.05, 4.69) is 6.92 Å². The van der Waals surface area contributed by atoms with E-state index in [0.29, 0.717) is 16.7 Å². The number of rotatable bonds is 6. The van der Waals surface area contributed by atoms with Crippen LogP contribution in [0.15, 0.2) is 78.9 Å². The van der Waals surface area contributed by atoms with E-state index in [4.69, 9.17) is 4.74 Å². The molecule has 0 bridgehead atoms. The predicted molar refractivity (Wildman–Crippen MR) is 127 cm³/mol. The van der Waals surface area contributed by atoms with Gasteiger partial charge in [-0.05, 0) is 59.9 Å². The van der Waals surface area contributed by atoms with E-state index >= 15 is 0 Å². The van der Waals surface area contributed by atoms with Crippen LogP contribution < -0.4 is 4.74 Å². The van der Waals surface area contributed by atoms with E-state index in [9.17, 15) is 18.0 Å². The molecule has 0 radical (unpaired) electrons. The zero-order valence-corrected chi connectivity index (χ0v) is 18.9. The van der Waals surface area contributed by atoms with Gasteiger partial charge in [0.15, 0.2) is 11.6 Å². The zero-order valence-electron chi connectivity index (χ0n) is 18.9. The largest absolute Gasteiger partial charge is 0.423 e. The Bertz CT molecular complexity index is 1330. The van der Waals surface area contributed by atoms with Crippen molar-refractivity contribution in [2.75, 3.05) is 0 Å². The standard InChI is InChI=1S/C29H23F3O2/c1-3-4-19-6-8-20(9-7-19)23-15-16-24(28(32)27(23)31)21-10-12-22(13-11-21)34-29(33)25-14-5-18(2)17-26(25)30/h5-17H,3-4H2,1-2H3. The second-order valence-corrected chi connectivity index (χ2v) is 8.13. The van der Waals surface area contributed by atoms with Crippen LogP contribution in [0.3, 0.4) is 0 Å². The molecule has 0 saturated carbocycles. The predicted octanol–water partition coefficient (Wildman–Crippen LogP) is 7.92. The van der Waals surface area contributed by atoms with Gasteiger partial charge in [0.2, 0.25) is 0 Å². The average molecular weight is 460 g/mol. The molecule has 4 aromatic carbocycles. The topological polar surface area (TPSA) is 26.3 Å². The molecule has 0 unspecified atom stereocenters. The van der Waals surface area contributed by atoms with E-state index in [1.54, 1.807) is 31.2 Å². The van der Waals surface area contributed by atoms with Crippen molar-refractivity contribution < 1.29 is 22.7 Å². The maximum Gasteiger partial charge on any atom is 0.346 e. The SMILES string of the molecule is CCCc1ccc(-c2ccc(-c3ccc(OC(=O)c4ccc(C)cc4F)cc3)c(F)c2F)cc1. The van der Waals surface area contributed by atoms with Crippen LogP contribution in [0.5, 0.6) is 5.75 Å². The Balaban J connectivity index is 1.54. The van der Waals surface area contributed by atoms with Crippen molar-refractivity contribution in [2.24, 2.45) is 0 Å².